The van der Waals surface area contributed by atoms with E-state index in [1.54, 1.807) is 19.2 Å². The number of nitrogens with zero attached hydrogens (tertiary/aromatic N) is 2. The molecule has 1 aromatic carbocycles. The monoisotopic (exact) mass is 263 g/mol. The van der Waals surface area contributed by atoms with Crippen molar-refractivity contribution in [2.45, 2.75) is 26.3 Å². The predicted molar refractivity (Wildman–Crippen MR) is 76.3 cm³/mol. The number of nitro benzene ring substituents is 1. The third-order valence-electron chi connectivity index (χ3n) is 3.59. The molecule has 1 aliphatic rings. The second-order valence-electron chi connectivity index (χ2n) is 5.13. The lowest BCUT2D eigenvalue weighted by Crippen LogP contribution is -2.25. The lowest BCUT2D eigenvalue weighted by molar-refractivity contribution is -0.384. The Morgan fingerprint density at radius 3 is 2.74 bits per heavy atom. The van der Waals surface area contributed by atoms with Crippen molar-refractivity contribution >= 4 is 11.4 Å². The molecule has 19 heavy (non-hydrogen) atoms. The SMILES string of the molecule is CCN(Cc1ccc(NC)c([N+](=O)[O-])c1)CC1CC1. The quantitative estimate of drug-likeness (QED) is 0.607. The molecular formula is C14H21N3O2. The fraction of sp³-hybridized carbons (Fsp3) is 0.571. The van der Waals surface area contributed by atoms with E-state index in [1.165, 1.54) is 12.8 Å². The van der Waals surface area contributed by atoms with E-state index in [4.69, 9.17) is 0 Å². The molecule has 0 bridgehead atoms. The Morgan fingerprint density at radius 1 is 1.47 bits per heavy atom. The Bertz CT molecular complexity index is 458. The summed E-state index contributed by atoms with van der Waals surface area (Å²) in [6, 6.07) is 5.44. The first-order chi connectivity index (χ1) is 9.13. The predicted octanol–water partition coefficient (Wildman–Crippen LogP) is 2.87. The number of rotatable bonds is 7. The van der Waals surface area contributed by atoms with Crippen LogP contribution >= 0.6 is 0 Å². The molecule has 0 saturated heterocycles. The third kappa shape index (κ3) is 3.67. The van der Waals surface area contributed by atoms with Crippen molar-refractivity contribution in [1.82, 2.24) is 4.90 Å². The zero-order chi connectivity index (χ0) is 13.8. The van der Waals surface area contributed by atoms with Crippen LogP contribution < -0.4 is 5.32 Å². The smallest absolute Gasteiger partial charge is 0.292 e. The van der Waals surface area contributed by atoms with Crippen LogP contribution in [0.15, 0.2) is 18.2 Å². The molecule has 1 N–H and O–H groups in total. The molecule has 0 atom stereocenters. The third-order valence-corrected chi connectivity index (χ3v) is 3.59. The van der Waals surface area contributed by atoms with Crippen LogP contribution in [-0.4, -0.2) is 30.0 Å². The highest BCUT2D eigenvalue weighted by atomic mass is 16.6. The molecule has 0 aliphatic heterocycles. The molecule has 0 aromatic heterocycles. The van der Waals surface area contributed by atoms with Gasteiger partial charge in [-0.15, -0.1) is 0 Å². The standard InChI is InChI=1S/C14H21N3O2/c1-3-16(9-11-4-5-11)10-12-6-7-13(15-2)14(8-12)17(18)19/h6-8,11,15H,3-5,9-10H2,1-2H3. The van der Waals surface area contributed by atoms with Crippen LogP contribution in [0.5, 0.6) is 0 Å². The summed E-state index contributed by atoms with van der Waals surface area (Å²) in [5.74, 6) is 0.839. The Morgan fingerprint density at radius 2 is 2.21 bits per heavy atom. The molecule has 5 heteroatoms. The summed E-state index contributed by atoms with van der Waals surface area (Å²) in [5, 5.41) is 13.9. The Labute approximate surface area is 113 Å². The Kier molecular flexibility index (Phi) is 4.37. The van der Waals surface area contributed by atoms with E-state index in [2.05, 4.69) is 17.1 Å². The number of benzene rings is 1. The van der Waals surface area contributed by atoms with Gasteiger partial charge >= 0.3 is 0 Å². The van der Waals surface area contributed by atoms with Crippen LogP contribution in [0.2, 0.25) is 0 Å². The molecule has 1 fully saturated rings. The van der Waals surface area contributed by atoms with Gasteiger partial charge in [-0.25, -0.2) is 0 Å². The molecule has 104 valence electrons. The van der Waals surface area contributed by atoms with E-state index < -0.39 is 0 Å². The maximum atomic E-state index is 11.0. The Balaban J connectivity index is 2.10. The number of anilines is 1. The maximum Gasteiger partial charge on any atom is 0.292 e. The van der Waals surface area contributed by atoms with Gasteiger partial charge in [0.25, 0.3) is 5.69 Å². The van der Waals surface area contributed by atoms with Gasteiger partial charge in [0.15, 0.2) is 0 Å². The van der Waals surface area contributed by atoms with Crippen molar-refractivity contribution < 1.29 is 4.92 Å². The molecule has 0 heterocycles. The second kappa shape index (κ2) is 6.02. The minimum absolute atomic E-state index is 0.155. The van der Waals surface area contributed by atoms with Crippen LogP contribution in [0, 0.1) is 16.0 Å². The summed E-state index contributed by atoms with van der Waals surface area (Å²) < 4.78 is 0. The molecule has 0 radical (unpaired) electrons. The van der Waals surface area contributed by atoms with Gasteiger partial charge in [-0.05, 0) is 36.9 Å². The average molecular weight is 263 g/mol. The normalized spacial score (nSPS) is 14.7. The zero-order valence-corrected chi connectivity index (χ0v) is 11.6. The van der Waals surface area contributed by atoms with Crippen molar-refractivity contribution in [3.63, 3.8) is 0 Å². The van der Waals surface area contributed by atoms with Crippen molar-refractivity contribution in [2.75, 3.05) is 25.5 Å². The van der Waals surface area contributed by atoms with Crippen LogP contribution in [0.3, 0.4) is 0 Å². The molecule has 2 rings (SSSR count). The van der Waals surface area contributed by atoms with Gasteiger partial charge in [0.2, 0.25) is 0 Å². The van der Waals surface area contributed by atoms with E-state index >= 15 is 0 Å². The lowest BCUT2D eigenvalue weighted by Gasteiger charge is -2.20. The van der Waals surface area contributed by atoms with Crippen LogP contribution in [0.1, 0.15) is 25.3 Å². The molecule has 0 spiro atoms. The first-order valence-electron chi connectivity index (χ1n) is 6.81. The molecule has 1 saturated carbocycles. The largest absolute Gasteiger partial charge is 0.383 e. The van der Waals surface area contributed by atoms with Gasteiger partial charge < -0.3 is 5.32 Å². The van der Waals surface area contributed by atoms with Gasteiger partial charge in [0.05, 0.1) is 4.92 Å². The van der Waals surface area contributed by atoms with Crippen LogP contribution in [-0.2, 0) is 6.54 Å². The fourth-order valence-corrected chi connectivity index (χ4v) is 2.27. The second-order valence-corrected chi connectivity index (χ2v) is 5.13. The number of hydrogen-bond donors (Lipinski definition) is 1. The maximum absolute atomic E-state index is 11.0. The highest BCUT2D eigenvalue weighted by Crippen LogP contribution is 2.31. The first kappa shape index (κ1) is 13.8. The summed E-state index contributed by atoms with van der Waals surface area (Å²) in [5.41, 5.74) is 1.73. The minimum atomic E-state index is -0.327. The van der Waals surface area contributed by atoms with E-state index in [0.717, 1.165) is 31.1 Å². The van der Waals surface area contributed by atoms with Gasteiger partial charge in [0.1, 0.15) is 5.69 Å². The van der Waals surface area contributed by atoms with Gasteiger partial charge in [0, 0.05) is 26.2 Å². The van der Waals surface area contributed by atoms with Crippen LogP contribution in [0.4, 0.5) is 11.4 Å². The lowest BCUT2D eigenvalue weighted by atomic mass is 10.1. The molecule has 5 nitrogen and oxygen atoms in total. The van der Waals surface area contributed by atoms with Crippen molar-refractivity contribution in [3.8, 4) is 0 Å². The first-order valence-corrected chi connectivity index (χ1v) is 6.81. The molecule has 1 aromatic rings. The number of nitro groups is 1. The van der Waals surface area contributed by atoms with E-state index in [9.17, 15) is 10.1 Å². The van der Waals surface area contributed by atoms with Crippen LogP contribution in [0.25, 0.3) is 0 Å². The highest BCUT2D eigenvalue weighted by Gasteiger charge is 2.24. The molecule has 1 aliphatic carbocycles. The highest BCUT2D eigenvalue weighted by molar-refractivity contribution is 5.62. The number of nitrogens with one attached hydrogen (secondary N) is 1. The van der Waals surface area contributed by atoms with E-state index in [0.29, 0.717) is 5.69 Å². The van der Waals surface area contributed by atoms with Crippen molar-refractivity contribution in [1.29, 1.82) is 0 Å². The summed E-state index contributed by atoms with van der Waals surface area (Å²) in [7, 11) is 1.70. The van der Waals surface area contributed by atoms with Gasteiger partial charge in [-0.1, -0.05) is 13.0 Å². The molecule has 0 amide bonds. The summed E-state index contributed by atoms with van der Waals surface area (Å²) in [4.78, 5) is 13.1. The average Bonchev–Trinajstić information content (AvgIpc) is 3.21. The summed E-state index contributed by atoms with van der Waals surface area (Å²) in [6.45, 7) is 5.02. The van der Waals surface area contributed by atoms with E-state index in [1.807, 2.05) is 6.07 Å². The zero-order valence-electron chi connectivity index (χ0n) is 11.6. The topological polar surface area (TPSA) is 58.4 Å². The Hall–Kier alpha value is -1.62. The summed E-state index contributed by atoms with van der Waals surface area (Å²) in [6.07, 6.45) is 2.66. The molecule has 0 unspecified atom stereocenters. The summed E-state index contributed by atoms with van der Waals surface area (Å²) >= 11 is 0. The van der Waals surface area contributed by atoms with Gasteiger partial charge in [-0.2, -0.15) is 0 Å². The fourth-order valence-electron chi connectivity index (χ4n) is 2.27. The van der Waals surface area contributed by atoms with E-state index in [-0.39, 0.29) is 10.6 Å². The van der Waals surface area contributed by atoms with Crippen molar-refractivity contribution in [3.05, 3.63) is 33.9 Å². The number of hydrogen-bond acceptors (Lipinski definition) is 4. The molecular weight excluding hydrogens is 242 g/mol. The van der Waals surface area contributed by atoms with Crippen molar-refractivity contribution in [2.24, 2.45) is 5.92 Å². The minimum Gasteiger partial charge on any atom is -0.383 e. The van der Waals surface area contributed by atoms with Gasteiger partial charge in [-0.3, -0.25) is 15.0 Å².